The molecule has 1 aromatic rings. The number of alkyl halides is 3. The summed E-state index contributed by atoms with van der Waals surface area (Å²) in [5.41, 5.74) is -1.24. The highest BCUT2D eigenvalue weighted by Crippen LogP contribution is 2.34. The van der Waals surface area contributed by atoms with E-state index in [1.54, 1.807) is 0 Å². The van der Waals surface area contributed by atoms with Crippen molar-refractivity contribution >= 4 is 5.97 Å². The second-order valence-corrected chi connectivity index (χ2v) is 4.46. The van der Waals surface area contributed by atoms with Gasteiger partial charge in [-0.15, -0.1) is 0 Å². The second kappa shape index (κ2) is 6.72. The summed E-state index contributed by atoms with van der Waals surface area (Å²) in [5, 5.41) is 0. The van der Waals surface area contributed by atoms with E-state index in [4.69, 9.17) is 0 Å². The molecule has 2 nitrogen and oxygen atoms in total. The third-order valence-corrected chi connectivity index (χ3v) is 3.03. The topological polar surface area (TPSA) is 26.3 Å². The van der Waals surface area contributed by atoms with Crippen LogP contribution < -0.4 is 0 Å². The van der Waals surface area contributed by atoms with Gasteiger partial charge in [-0.2, -0.15) is 13.2 Å². The van der Waals surface area contributed by atoms with Crippen LogP contribution in [0.3, 0.4) is 0 Å². The predicted octanol–water partition coefficient (Wildman–Crippen LogP) is 4.29. The number of methoxy groups -OCH3 is 1. The monoisotopic (exact) mass is 292 g/mol. The van der Waals surface area contributed by atoms with Crippen molar-refractivity contribution in [1.29, 1.82) is 0 Å². The lowest BCUT2D eigenvalue weighted by molar-refractivity contribution is -0.143. The molecule has 0 aliphatic carbocycles. The summed E-state index contributed by atoms with van der Waals surface area (Å²) in [4.78, 5) is 11.7. The van der Waals surface area contributed by atoms with E-state index in [1.165, 1.54) is 13.2 Å². The zero-order valence-electron chi connectivity index (χ0n) is 11.3. The number of hydrogen-bond donors (Lipinski definition) is 0. The SMILES string of the molecule is CCCCC(C(=O)OC)c1ccc(F)c(C(F)(F)F)c1. The predicted molar refractivity (Wildman–Crippen MR) is 65.7 cm³/mol. The third-order valence-electron chi connectivity index (χ3n) is 3.03. The van der Waals surface area contributed by atoms with Crippen LogP contribution in [0.5, 0.6) is 0 Å². The number of esters is 1. The number of benzene rings is 1. The molecule has 0 aromatic heterocycles. The van der Waals surface area contributed by atoms with Gasteiger partial charge in [-0.05, 0) is 24.1 Å². The molecule has 0 spiro atoms. The third kappa shape index (κ3) is 3.95. The van der Waals surface area contributed by atoms with E-state index in [-0.39, 0.29) is 5.56 Å². The minimum absolute atomic E-state index is 0.124. The van der Waals surface area contributed by atoms with Gasteiger partial charge < -0.3 is 4.74 Å². The van der Waals surface area contributed by atoms with Gasteiger partial charge in [-0.25, -0.2) is 4.39 Å². The number of halogens is 4. The Morgan fingerprint density at radius 2 is 2.00 bits per heavy atom. The van der Waals surface area contributed by atoms with E-state index in [9.17, 15) is 22.4 Å². The van der Waals surface area contributed by atoms with Gasteiger partial charge in [0.15, 0.2) is 0 Å². The van der Waals surface area contributed by atoms with Crippen LogP contribution in [-0.2, 0) is 15.7 Å². The summed E-state index contributed by atoms with van der Waals surface area (Å²) in [5.74, 6) is -2.76. The molecule has 6 heteroatoms. The van der Waals surface area contributed by atoms with Crippen LogP contribution in [-0.4, -0.2) is 13.1 Å². The summed E-state index contributed by atoms with van der Waals surface area (Å²) in [6, 6.07) is 2.62. The Balaban J connectivity index is 3.17. The van der Waals surface area contributed by atoms with Gasteiger partial charge in [-0.3, -0.25) is 4.79 Å². The normalized spacial score (nSPS) is 13.1. The highest BCUT2D eigenvalue weighted by atomic mass is 19.4. The van der Waals surface area contributed by atoms with Crippen LogP contribution in [0.25, 0.3) is 0 Å². The van der Waals surface area contributed by atoms with E-state index in [0.717, 1.165) is 12.5 Å². The summed E-state index contributed by atoms with van der Waals surface area (Å²) in [6.07, 6.45) is -2.96. The molecule has 0 fully saturated rings. The Kier molecular flexibility index (Phi) is 5.53. The van der Waals surface area contributed by atoms with Crippen molar-refractivity contribution < 1.29 is 27.1 Å². The van der Waals surface area contributed by atoms with Gasteiger partial charge in [0.1, 0.15) is 5.82 Å². The maximum absolute atomic E-state index is 13.2. The van der Waals surface area contributed by atoms with Gasteiger partial charge in [0.25, 0.3) is 0 Å². The number of rotatable bonds is 5. The fraction of sp³-hybridized carbons (Fsp3) is 0.500. The molecule has 0 N–H and O–H groups in total. The summed E-state index contributed by atoms with van der Waals surface area (Å²) in [6.45, 7) is 1.90. The van der Waals surface area contributed by atoms with E-state index in [0.29, 0.717) is 18.9 Å². The minimum Gasteiger partial charge on any atom is -0.469 e. The van der Waals surface area contributed by atoms with Gasteiger partial charge >= 0.3 is 12.1 Å². The largest absolute Gasteiger partial charge is 0.469 e. The molecule has 0 saturated heterocycles. The first-order valence-electron chi connectivity index (χ1n) is 6.25. The Bertz CT molecular complexity index is 469. The average Bonchev–Trinajstić information content (AvgIpc) is 2.39. The molecule has 1 rings (SSSR count). The molecule has 0 aliphatic heterocycles. The van der Waals surface area contributed by atoms with Crippen molar-refractivity contribution in [3.05, 3.63) is 35.1 Å². The molecule has 112 valence electrons. The lowest BCUT2D eigenvalue weighted by Crippen LogP contribution is -2.16. The lowest BCUT2D eigenvalue weighted by Gasteiger charge is -2.17. The van der Waals surface area contributed by atoms with Crippen LogP contribution in [0.1, 0.15) is 43.2 Å². The van der Waals surface area contributed by atoms with E-state index in [1.807, 2.05) is 6.92 Å². The summed E-state index contributed by atoms with van der Waals surface area (Å²) >= 11 is 0. The molecule has 1 unspecified atom stereocenters. The summed E-state index contributed by atoms with van der Waals surface area (Å²) in [7, 11) is 1.18. The lowest BCUT2D eigenvalue weighted by atomic mass is 9.92. The smallest absolute Gasteiger partial charge is 0.419 e. The molecule has 0 amide bonds. The fourth-order valence-corrected chi connectivity index (χ4v) is 1.95. The van der Waals surface area contributed by atoms with E-state index >= 15 is 0 Å². The molecule has 0 saturated carbocycles. The first kappa shape index (κ1) is 16.5. The minimum atomic E-state index is -4.79. The standard InChI is InChI=1S/C14H16F4O2/c1-3-4-5-10(13(19)20-2)9-6-7-12(15)11(8-9)14(16,17)18/h6-8,10H,3-5H2,1-2H3. The van der Waals surface area contributed by atoms with Crippen molar-refractivity contribution in [2.24, 2.45) is 0 Å². The maximum Gasteiger partial charge on any atom is 0.419 e. The number of hydrogen-bond acceptors (Lipinski definition) is 2. The molecule has 1 aromatic carbocycles. The molecular formula is C14H16F4O2. The Morgan fingerprint density at radius 1 is 1.35 bits per heavy atom. The van der Waals surface area contributed by atoms with Crippen LogP contribution in [0.4, 0.5) is 17.6 Å². The second-order valence-electron chi connectivity index (χ2n) is 4.46. The van der Waals surface area contributed by atoms with Gasteiger partial charge in [0.05, 0.1) is 18.6 Å². The van der Waals surface area contributed by atoms with Crippen molar-refractivity contribution in [3.63, 3.8) is 0 Å². The molecule has 0 bridgehead atoms. The number of carbonyl (C=O) groups is 1. The van der Waals surface area contributed by atoms with Crippen molar-refractivity contribution in [2.45, 2.75) is 38.3 Å². The van der Waals surface area contributed by atoms with Gasteiger partial charge in [-0.1, -0.05) is 25.8 Å². The quantitative estimate of drug-likeness (QED) is 0.597. The molecule has 20 heavy (non-hydrogen) atoms. The van der Waals surface area contributed by atoms with Crippen LogP contribution in [0.15, 0.2) is 18.2 Å². The highest BCUT2D eigenvalue weighted by molar-refractivity contribution is 5.78. The first-order valence-corrected chi connectivity index (χ1v) is 6.25. The highest BCUT2D eigenvalue weighted by Gasteiger charge is 2.35. The molecule has 1 atom stereocenters. The zero-order valence-corrected chi connectivity index (χ0v) is 11.3. The average molecular weight is 292 g/mol. The Morgan fingerprint density at radius 3 is 2.50 bits per heavy atom. The Hall–Kier alpha value is -1.59. The molecule has 0 heterocycles. The van der Waals surface area contributed by atoms with Gasteiger partial charge in [0.2, 0.25) is 0 Å². The van der Waals surface area contributed by atoms with E-state index < -0.39 is 29.4 Å². The number of ether oxygens (including phenoxy) is 1. The van der Waals surface area contributed by atoms with Crippen molar-refractivity contribution in [3.8, 4) is 0 Å². The maximum atomic E-state index is 13.2. The van der Waals surface area contributed by atoms with Crippen LogP contribution in [0, 0.1) is 5.82 Å². The zero-order chi connectivity index (χ0) is 15.3. The molecule has 0 aliphatic rings. The van der Waals surface area contributed by atoms with E-state index in [2.05, 4.69) is 4.74 Å². The number of unbranched alkanes of at least 4 members (excludes halogenated alkanes) is 1. The molecular weight excluding hydrogens is 276 g/mol. The fourth-order valence-electron chi connectivity index (χ4n) is 1.95. The van der Waals surface area contributed by atoms with Gasteiger partial charge in [0, 0.05) is 0 Å². The van der Waals surface area contributed by atoms with Crippen molar-refractivity contribution in [1.82, 2.24) is 0 Å². The first-order chi connectivity index (χ1) is 9.31. The number of carbonyl (C=O) groups excluding carboxylic acids is 1. The summed E-state index contributed by atoms with van der Waals surface area (Å²) < 4.78 is 55.8. The molecule has 0 radical (unpaired) electrons. The van der Waals surface area contributed by atoms with Crippen LogP contribution in [0.2, 0.25) is 0 Å². The Labute approximate surface area is 114 Å². The van der Waals surface area contributed by atoms with Crippen LogP contribution >= 0.6 is 0 Å². The van der Waals surface area contributed by atoms with Crippen molar-refractivity contribution in [2.75, 3.05) is 7.11 Å².